The fourth-order valence-corrected chi connectivity index (χ4v) is 1.82. The van der Waals surface area contributed by atoms with E-state index < -0.39 is 10.0 Å². The summed E-state index contributed by atoms with van der Waals surface area (Å²) in [6, 6.07) is 0. The van der Waals surface area contributed by atoms with E-state index in [1.807, 2.05) is 7.05 Å². The number of primary sulfonamides is 1. The molecular weight excluding hydrogens is 200 g/mol. The lowest BCUT2D eigenvalue weighted by Crippen LogP contribution is -2.27. The van der Waals surface area contributed by atoms with E-state index in [9.17, 15) is 8.42 Å². The first-order valence-electron chi connectivity index (χ1n) is 5.04. The Morgan fingerprint density at radius 1 is 1.43 bits per heavy atom. The van der Waals surface area contributed by atoms with E-state index in [0.717, 1.165) is 19.5 Å². The van der Waals surface area contributed by atoms with Crippen molar-refractivity contribution in [2.24, 2.45) is 11.1 Å². The van der Waals surface area contributed by atoms with Gasteiger partial charge in [-0.15, -0.1) is 0 Å². The average Bonchev–Trinajstić information content (AvgIpc) is 2.01. The molecule has 0 fully saturated rings. The molecule has 0 aliphatic rings. The molecule has 1 unspecified atom stereocenters. The zero-order valence-corrected chi connectivity index (χ0v) is 10.2. The molecule has 86 valence electrons. The molecule has 0 saturated heterocycles. The van der Waals surface area contributed by atoms with Crippen molar-refractivity contribution in [2.45, 2.75) is 26.7 Å². The number of hydrogen-bond acceptors (Lipinski definition) is 3. The largest absolute Gasteiger partial charge is 0.306 e. The molecule has 4 nitrogen and oxygen atoms in total. The first-order valence-corrected chi connectivity index (χ1v) is 6.75. The number of sulfonamides is 1. The van der Waals surface area contributed by atoms with Crippen molar-refractivity contribution in [3.8, 4) is 0 Å². The van der Waals surface area contributed by atoms with Crippen LogP contribution in [0, 0.1) is 5.92 Å². The van der Waals surface area contributed by atoms with E-state index in [1.165, 1.54) is 0 Å². The number of hydrogen-bond donors (Lipinski definition) is 1. The van der Waals surface area contributed by atoms with E-state index in [4.69, 9.17) is 5.14 Å². The summed E-state index contributed by atoms with van der Waals surface area (Å²) in [6.45, 7) is 6.15. The lowest BCUT2D eigenvalue weighted by Gasteiger charge is -2.19. The van der Waals surface area contributed by atoms with E-state index in [2.05, 4.69) is 18.7 Å². The average molecular weight is 222 g/mol. The molecule has 14 heavy (non-hydrogen) atoms. The molecule has 0 radical (unpaired) electrons. The summed E-state index contributed by atoms with van der Waals surface area (Å²) in [7, 11) is -1.27. The minimum Gasteiger partial charge on any atom is -0.306 e. The van der Waals surface area contributed by atoms with Crippen molar-refractivity contribution in [1.29, 1.82) is 0 Å². The minimum atomic E-state index is -3.28. The maximum Gasteiger partial charge on any atom is 0.209 e. The van der Waals surface area contributed by atoms with Crippen molar-refractivity contribution in [1.82, 2.24) is 4.90 Å². The molecule has 0 saturated carbocycles. The summed E-state index contributed by atoms with van der Waals surface area (Å²) in [5.41, 5.74) is 0. The van der Waals surface area contributed by atoms with E-state index in [-0.39, 0.29) is 5.75 Å². The Bertz CT molecular complexity index is 239. The van der Waals surface area contributed by atoms with Crippen LogP contribution in [-0.4, -0.2) is 39.2 Å². The lowest BCUT2D eigenvalue weighted by atomic mass is 10.1. The lowest BCUT2D eigenvalue weighted by molar-refractivity contribution is 0.283. The summed E-state index contributed by atoms with van der Waals surface area (Å²) in [4.78, 5) is 2.15. The Balaban J connectivity index is 3.59. The van der Waals surface area contributed by atoms with Gasteiger partial charge >= 0.3 is 0 Å². The standard InChI is InChI=1S/C9H22N2O2S/c1-4-9(2)8-11(3)6-5-7-14(10,12)13/h9H,4-8H2,1-3H3,(H2,10,12,13). The quantitative estimate of drug-likeness (QED) is 0.687. The van der Waals surface area contributed by atoms with Crippen molar-refractivity contribution in [3.05, 3.63) is 0 Å². The fraction of sp³-hybridized carbons (Fsp3) is 1.00. The van der Waals surface area contributed by atoms with Gasteiger partial charge in [-0.05, 0) is 25.9 Å². The third kappa shape index (κ3) is 8.47. The van der Waals surface area contributed by atoms with Crippen molar-refractivity contribution >= 4 is 10.0 Å². The topological polar surface area (TPSA) is 63.4 Å². The van der Waals surface area contributed by atoms with Crippen LogP contribution in [0.5, 0.6) is 0 Å². The second-order valence-electron chi connectivity index (χ2n) is 4.00. The summed E-state index contributed by atoms with van der Waals surface area (Å²) in [6.07, 6.45) is 1.77. The number of rotatable bonds is 7. The Hall–Kier alpha value is -0.130. The molecule has 0 bridgehead atoms. The third-order valence-corrected chi connectivity index (χ3v) is 3.15. The van der Waals surface area contributed by atoms with Crippen LogP contribution in [0.4, 0.5) is 0 Å². The Kier molecular flexibility index (Phi) is 6.31. The zero-order chi connectivity index (χ0) is 11.2. The smallest absolute Gasteiger partial charge is 0.209 e. The van der Waals surface area contributed by atoms with E-state index >= 15 is 0 Å². The maximum atomic E-state index is 10.7. The molecule has 0 aliphatic carbocycles. The van der Waals surface area contributed by atoms with Gasteiger partial charge in [0.15, 0.2) is 0 Å². The van der Waals surface area contributed by atoms with Gasteiger partial charge in [0, 0.05) is 6.54 Å². The van der Waals surface area contributed by atoms with Gasteiger partial charge in [-0.3, -0.25) is 0 Å². The predicted octanol–water partition coefficient (Wildman–Crippen LogP) is 0.643. The highest BCUT2D eigenvalue weighted by Gasteiger charge is 2.06. The minimum absolute atomic E-state index is 0.0812. The number of nitrogens with zero attached hydrogens (tertiary/aromatic N) is 1. The van der Waals surface area contributed by atoms with Crippen LogP contribution in [-0.2, 0) is 10.0 Å². The molecular formula is C9H22N2O2S. The van der Waals surface area contributed by atoms with Crippen molar-refractivity contribution < 1.29 is 8.42 Å². The highest BCUT2D eigenvalue weighted by Crippen LogP contribution is 2.02. The molecule has 0 aromatic heterocycles. The fourth-order valence-electron chi connectivity index (χ4n) is 1.29. The van der Waals surface area contributed by atoms with Gasteiger partial charge in [-0.25, -0.2) is 13.6 Å². The predicted molar refractivity (Wildman–Crippen MR) is 59.5 cm³/mol. The van der Waals surface area contributed by atoms with Crippen molar-refractivity contribution in [3.63, 3.8) is 0 Å². The monoisotopic (exact) mass is 222 g/mol. The molecule has 0 rings (SSSR count). The first-order chi connectivity index (χ1) is 6.35. The summed E-state index contributed by atoms with van der Waals surface area (Å²) in [5.74, 6) is 0.743. The molecule has 5 heteroatoms. The molecule has 0 spiro atoms. The first kappa shape index (κ1) is 13.9. The molecule has 1 atom stereocenters. The highest BCUT2D eigenvalue weighted by atomic mass is 32.2. The Labute approximate surface area is 87.5 Å². The highest BCUT2D eigenvalue weighted by molar-refractivity contribution is 7.89. The molecule has 0 aliphatic heterocycles. The van der Waals surface area contributed by atoms with E-state index in [1.54, 1.807) is 0 Å². The molecule has 0 heterocycles. The van der Waals surface area contributed by atoms with Crippen LogP contribution in [0.1, 0.15) is 26.7 Å². The van der Waals surface area contributed by atoms with Gasteiger partial charge in [0.05, 0.1) is 5.75 Å². The van der Waals surface area contributed by atoms with Crippen LogP contribution in [0.3, 0.4) is 0 Å². The van der Waals surface area contributed by atoms with Crippen molar-refractivity contribution in [2.75, 3.05) is 25.9 Å². The molecule has 0 amide bonds. The van der Waals surface area contributed by atoms with Crippen LogP contribution >= 0.6 is 0 Å². The van der Waals surface area contributed by atoms with Gasteiger partial charge in [-0.2, -0.15) is 0 Å². The van der Waals surface area contributed by atoms with Crippen LogP contribution in [0.2, 0.25) is 0 Å². The van der Waals surface area contributed by atoms with Gasteiger partial charge in [-0.1, -0.05) is 20.3 Å². The van der Waals surface area contributed by atoms with E-state index in [0.29, 0.717) is 12.3 Å². The molecule has 0 aromatic rings. The third-order valence-electron chi connectivity index (χ3n) is 2.29. The summed E-state index contributed by atoms with van der Waals surface area (Å²) < 4.78 is 21.3. The zero-order valence-electron chi connectivity index (χ0n) is 9.36. The second-order valence-corrected chi connectivity index (χ2v) is 5.73. The molecule has 0 aromatic carbocycles. The maximum absolute atomic E-state index is 10.7. The molecule has 2 N–H and O–H groups in total. The summed E-state index contributed by atoms with van der Waals surface area (Å²) in [5, 5.41) is 4.90. The van der Waals surface area contributed by atoms with Crippen LogP contribution in [0.15, 0.2) is 0 Å². The number of nitrogens with two attached hydrogens (primary N) is 1. The van der Waals surface area contributed by atoms with Gasteiger partial charge in [0.25, 0.3) is 0 Å². The normalized spacial score (nSPS) is 14.6. The van der Waals surface area contributed by atoms with Crippen LogP contribution < -0.4 is 5.14 Å². The Morgan fingerprint density at radius 2 is 2.00 bits per heavy atom. The SMILES string of the molecule is CCC(C)CN(C)CCCS(N)(=O)=O. The summed E-state index contributed by atoms with van der Waals surface area (Å²) >= 11 is 0. The van der Waals surface area contributed by atoms with Gasteiger partial charge < -0.3 is 4.90 Å². The second kappa shape index (κ2) is 6.37. The van der Waals surface area contributed by atoms with Crippen LogP contribution in [0.25, 0.3) is 0 Å². The van der Waals surface area contributed by atoms with Gasteiger partial charge in [0.2, 0.25) is 10.0 Å². The Morgan fingerprint density at radius 3 is 2.43 bits per heavy atom. The van der Waals surface area contributed by atoms with Gasteiger partial charge in [0.1, 0.15) is 0 Å².